The molecule has 18 heavy (non-hydrogen) atoms. The fourth-order valence-electron chi connectivity index (χ4n) is 1.22. The molecule has 0 radical (unpaired) electrons. The average Bonchev–Trinajstić information content (AvgIpc) is 2.75. The van der Waals surface area contributed by atoms with E-state index in [-0.39, 0.29) is 11.3 Å². The molecule has 8 heteroatoms. The molecule has 0 fully saturated rings. The molecule has 0 unspecified atom stereocenters. The van der Waals surface area contributed by atoms with Crippen LogP contribution in [-0.4, -0.2) is 15.1 Å². The van der Waals surface area contributed by atoms with E-state index in [9.17, 15) is 10.1 Å². The highest BCUT2D eigenvalue weighted by Gasteiger charge is 2.13. The van der Waals surface area contributed by atoms with E-state index < -0.39 is 4.92 Å². The number of aromatic nitrogens is 2. The van der Waals surface area contributed by atoms with Crippen LogP contribution in [0.5, 0.6) is 0 Å². The van der Waals surface area contributed by atoms with E-state index in [1.54, 1.807) is 6.07 Å². The van der Waals surface area contributed by atoms with Gasteiger partial charge in [0.15, 0.2) is 4.34 Å². The summed E-state index contributed by atoms with van der Waals surface area (Å²) in [6, 6.07) is 6.13. The van der Waals surface area contributed by atoms with Crippen molar-refractivity contribution in [2.24, 2.45) is 0 Å². The lowest BCUT2D eigenvalue weighted by Crippen LogP contribution is -1.90. The molecule has 2 rings (SSSR count). The standard InChI is InChI=1S/C10H6N4O2S2/c1-6-12-13-10(17-6)18-9-3-2-8(14(15)16)4-7(9)5-11/h2-4H,1H3. The zero-order valence-electron chi connectivity index (χ0n) is 9.15. The first kappa shape index (κ1) is 12.5. The van der Waals surface area contributed by atoms with Crippen LogP contribution >= 0.6 is 23.1 Å². The van der Waals surface area contributed by atoms with Gasteiger partial charge in [0.1, 0.15) is 11.1 Å². The molecule has 2 aromatic rings. The van der Waals surface area contributed by atoms with Crippen molar-refractivity contribution >= 4 is 28.8 Å². The van der Waals surface area contributed by atoms with Gasteiger partial charge in [0.2, 0.25) is 0 Å². The molecule has 0 saturated carbocycles. The highest BCUT2D eigenvalue weighted by molar-refractivity contribution is 8.01. The Kier molecular flexibility index (Phi) is 3.55. The van der Waals surface area contributed by atoms with Crippen molar-refractivity contribution < 1.29 is 4.92 Å². The minimum atomic E-state index is -0.523. The van der Waals surface area contributed by atoms with Gasteiger partial charge in [-0.05, 0) is 13.0 Å². The van der Waals surface area contributed by atoms with Crippen molar-refractivity contribution in [1.29, 1.82) is 5.26 Å². The molecule has 1 aromatic carbocycles. The minimum Gasteiger partial charge on any atom is -0.258 e. The molecule has 1 aromatic heterocycles. The van der Waals surface area contributed by atoms with Crippen molar-refractivity contribution in [2.75, 3.05) is 0 Å². The molecule has 1 heterocycles. The first-order chi connectivity index (χ1) is 8.60. The smallest absolute Gasteiger partial charge is 0.258 e. The maximum atomic E-state index is 10.6. The summed E-state index contributed by atoms with van der Waals surface area (Å²) in [5, 5.41) is 28.2. The van der Waals surface area contributed by atoms with Crippen LogP contribution in [0.2, 0.25) is 0 Å². The van der Waals surface area contributed by atoms with Crippen molar-refractivity contribution in [3.63, 3.8) is 0 Å². The Morgan fingerprint density at radius 2 is 2.28 bits per heavy atom. The van der Waals surface area contributed by atoms with Crippen LogP contribution in [0, 0.1) is 28.4 Å². The van der Waals surface area contributed by atoms with E-state index in [1.165, 1.54) is 35.2 Å². The van der Waals surface area contributed by atoms with E-state index in [0.717, 1.165) is 5.01 Å². The average molecular weight is 278 g/mol. The normalized spacial score (nSPS) is 10.0. The van der Waals surface area contributed by atoms with E-state index in [2.05, 4.69) is 10.2 Å². The topological polar surface area (TPSA) is 92.7 Å². The van der Waals surface area contributed by atoms with E-state index in [4.69, 9.17) is 5.26 Å². The van der Waals surface area contributed by atoms with E-state index >= 15 is 0 Å². The van der Waals surface area contributed by atoms with Crippen LogP contribution in [0.15, 0.2) is 27.4 Å². The van der Waals surface area contributed by atoms with Crippen LogP contribution in [0.3, 0.4) is 0 Å². The zero-order valence-corrected chi connectivity index (χ0v) is 10.8. The molecule has 0 saturated heterocycles. The predicted molar refractivity (Wildman–Crippen MR) is 66.6 cm³/mol. The minimum absolute atomic E-state index is 0.0932. The summed E-state index contributed by atoms with van der Waals surface area (Å²) in [4.78, 5) is 10.7. The fraction of sp³-hybridized carbons (Fsp3) is 0.100. The second-order valence-electron chi connectivity index (χ2n) is 3.24. The lowest BCUT2D eigenvalue weighted by atomic mass is 10.2. The van der Waals surface area contributed by atoms with Gasteiger partial charge in [-0.15, -0.1) is 10.2 Å². The van der Waals surface area contributed by atoms with Crippen molar-refractivity contribution in [3.05, 3.63) is 38.9 Å². The lowest BCUT2D eigenvalue weighted by molar-refractivity contribution is -0.384. The van der Waals surface area contributed by atoms with Crippen molar-refractivity contribution in [3.8, 4) is 6.07 Å². The molecule has 0 aliphatic carbocycles. The Labute approximate surface area is 110 Å². The molecular formula is C10H6N4O2S2. The van der Waals surface area contributed by atoms with E-state index in [1.807, 2.05) is 13.0 Å². The van der Waals surface area contributed by atoms with Gasteiger partial charge in [-0.3, -0.25) is 10.1 Å². The monoisotopic (exact) mass is 278 g/mol. The maximum absolute atomic E-state index is 10.6. The van der Waals surface area contributed by atoms with Gasteiger partial charge in [0, 0.05) is 17.0 Å². The molecule has 0 atom stereocenters. The second kappa shape index (κ2) is 5.12. The summed E-state index contributed by atoms with van der Waals surface area (Å²) in [5.74, 6) is 0. The Balaban J connectivity index is 2.34. The third kappa shape index (κ3) is 2.64. The number of nitrogens with zero attached hydrogens (tertiary/aromatic N) is 4. The third-order valence-electron chi connectivity index (χ3n) is 2.00. The molecule has 0 spiro atoms. The van der Waals surface area contributed by atoms with Crippen molar-refractivity contribution in [2.45, 2.75) is 16.2 Å². The Morgan fingerprint density at radius 3 is 2.83 bits per heavy atom. The second-order valence-corrected chi connectivity index (χ2v) is 5.71. The van der Waals surface area contributed by atoms with Crippen molar-refractivity contribution in [1.82, 2.24) is 10.2 Å². The molecule has 0 N–H and O–H groups in total. The third-order valence-corrected chi connectivity index (χ3v) is 3.96. The number of non-ortho nitro benzene ring substituents is 1. The number of nitriles is 1. The molecule has 90 valence electrons. The predicted octanol–water partition coefficient (Wildman–Crippen LogP) is 2.78. The number of nitro benzene ring substituents is 1. The fourth-order valence-corrected chi connectivity index (χ4v) is 3.06. The Morgan fingerprint density at radius 1 is 1.50 bits per heavy atom. The number of benzene rings is 1. The van der Waals surface area contributed by atoms with Gasteiger partial charge >= 0.3 is 0 Å². The molecular weight excluding hydrogens is 272 g/mol. The summed E-state index contributed by atoms with van der Waals surface area (Å²) in [7, 11) is 0. The molecule has 6 nitrogen and oxygen atoms in total. The summed E-state index contributed by atoms with van der Waals surface area (Å²) in [6.45, 7) is 1.84. The summed E-state index contributed by atoms with van der Waals surface area (Å²) < 4.78 is 0.706. The quantitative estimate of drug-likeness (QED) is 0.633. The SMILES string of the molecule is Cc1nnc(Sc2ccc([N+](=O)[O-])cc2C#N)s1. The molecule has 0 aliphatic rings. The summed E-state index contributed by atoms with van der Waals surface area (Å²) >= 11 is 2.69. The highest BCUT2D eigenvalue weighted by atomic mass is 32.2. The first-order valence-electron chi connectivity index (χ1n) is 4.76. The highest BCUT2D eigenvalue weighted by Crippen LogP contribution is 2.33. The summed E-state index contributed by atoms with van der Waals surface area (Å²) in [6.07, 6.45) is 0. The van der Waals surface area contributed by atoms with E-state index in [0.29, 0.717) is 9.24 Å². The van der Waals surface area contributed by atoms with Gasteiger partial charge < -0.3 is 0 Å². The van der Waals surface area contributed by atoms with Crippen LogP contribution in [0.1, 0.15) is 10.6 Å². The molecule has 0 aliphatic heterocycles. The number of nitro groups is 1. The number of aryl methyl sites for hydroxylation is 1. The molecule has 0 amide bonds. The maximum Gasteiger partial charge on any atom is 0.270 e. The van der Waals surface area contributed by atoms with Gasteiger partial charge in [0.25, 0.3) is 5.69 Å². The zero-order chi connectivity index (χ0) is 13.1. The Hall–Kier alpha value is -1.98. The molecule has 0 bridgehead atoms. The number of hydrogen-bond acceptors (Lipinski definition) is 7. The first-order valence-corrected chi connectivity index (χ1v) is 6.40. The number of rotatable bonds is 3. The van der Waals surface area contributed by atoms with Gasteiger partial charge in [-0.25, -0.2) is 0 Å². The van der Waals surface area contributed by atoms with Crippen LogP contribution in [0.4, 0.5) is 5.69 Å². The van der Waals surface area contributed by atoms with Gasteiger partial charge in [-0.2, -0.15) is 5.26 Å². The van der Waals surface area contributed by atoms with Gasteiger partial charge in [-0.1, -0.05) is 23.1 Å². The van der Waals surface area contributed by atoms with Gasteiger partial charge in [0.05, 0.1) is 10.5 Å². The largest absolute Gasteiger partial charge is 0.270 e. The van der Waals surface area contributed by atoms with Crippen LogP contribution in [-0.2, 0) is 0 Å². The van der Waals surface area contributed by atoms with Crippen LogP contribution < -0.4 is 0 Å². The Bertz CT molecular complexity index is 648. The van der Waals surface area contributed by atoms with Crippen LogP contribution in [0.25, 0.3) is 0 Å². The number of hydrogen-bond donors (Lipinski definition) is 0. The summed E-state index contributed by atoms with van der Waals surface area (Å²) in [5.41, 5.74) is 0.173. The lowest BCUT2D eigenvalue weighted by Gasteiger charge is -2.00.